The van der Waals surface area contributed by atoms with Crippen molar-refractivity contribution >= 4 is 52.5 Å². The normalized spacial score (nSPS) is 11.6. The van der Waals surface area contributed by atoms with Crippen molar-refractivity contribution in [2.45, 2.75) is 17.1 Å². The molecule has 126 valence electrons. The van der Waals surface area contributed by atoms with Crippen molar-refractivity contribution in [1.29, 1.82) is 0 Å². The number of pyridine rings is 1. The van der Waals surface area contributed by atoms with E-state index in [1.54, 1.807) is 31.2 Å². The molecule has 0 unspecified atom stereocenters. The van der Waals surface area contributed by atoms with Gasteiger partial charge < -0.3 is 10.1 Å². The van der Waals surface area contributed by atoms with E-state index in [0.717, 1.165) is 4.90 Å². The molecule has 1 aromatic carbocycles. The van der Waals surface area contributed by atoms with Gasteiger partial charge in [0, 0.05) is 16.1 Å². The number of carbonyl (C=O) groups excluding carboxylic acids is 2. The Bertz CT molecular complexity index is 726. The molecular formula is C16H14Cl2N2O3S. The predicted octanol–water partition coefficient (Wildman–Crippen LogP) is 4.05. The molecule has 5 nitrogen and oxygen atoms in total. The number of ether oxygens (including phenoxy) is 1. The van der Waals surface area contributed by atoms with Crippen LogP contribution in [0.4, 0.5) is 5.69 Å². The molecule has 0 saturated heterocycles. The highest BCUT2D eigenvalue weighted by Crippen LogP contribution is 2.25. The molecule has 1 amide bonds. The quantitative estimate of drug-likeness (QED) is 0.462. The van der Waals surface area contributed by atoms with Crippen LogP contribution in [0.3, 0.4) is 0 Å². The molecule has 1 aromatic heterocycles. The van der Waals surface area contributed by atoms with Gasteiger partial charge in [0.1, 0.15) is 5.25 Å². The topological polar surface area (TPSA) is 68.3 Å². The largest absolute Gasteiger partial charge is 0.455 e. The van der Waals surface area contributed by atoms with E-state index in [4.69, 9.17) is 27.9 Å². The summed E-state index contributed by atoms with van der Waals surface area (Å²) < 4.78 is 5.01. The van der Waals surface area contributed by atoms with Crippen LogP contribution < -0.4 is 5.32 Å². The van der Waals surface area contributed by atoms with E-state index in [1.165, 1.54) is 18.0 Å². The van der Waals surface area contributed by atoms with Crippen molar-refractivity contribution in [2.24, 2.45) is 0 Å². The Balaban J connectivity index is 1.80. The maximum absolute atomic E-state index is 12.0. The molecule has 1 atom stereocenters. The van der Waals surface area contributed by atoms with Gasteiger partial charge in [-0.1, -0.05) is 23.2 Å². The van der Waals surface area contributed by atoms with E-state index in [0.29, 0.717) is 10.7 Å². The van der Waals surface area contributed by atoms with Crippen molar-refractivity contribution in [3.05, 3.63) is 52.8 Å². The summed E-state index contributed by atoms with van der Waals surface area (Å²) in [5.74, 6) is -0.968. The molecule has 2 rings (SSSR count). The molecule has 24 heavy (non-hydrogen) atoms. The van der Waals surface area contributed by atoms with Gasteiger partial charge in [0.25, 0.3) is 5.91 Å². The van der Waals surface area contributed by atoms with Gasteiger partial charge in [0.05, 0.1) is 5.69 Å². The van der Waals surface area contributed by atoms with E-state index >= 15 is 0 Å². The second-order valence-electron chi connectivity index (χ2n) is 4.71. The Labute approximate surface area is 153 Å². The number of rotatable bonds is 6. The number of hydrogen-bond donors (Lipinski definition) is 1. The minimum absolute atomic E-state index is 0.170. The number of esters is 1. The predicted molar refractivity (Wildman–Crippen MR) is 95.6 cm³/mol. The number of benzene rings is 1. The molecular weight excluding hydrogens is 371 g/mol. The summed E-state index contributed by atoms with van der Waals surface area (Å²) in [5.41, 5.74) is 0.365. The maximum Gasteiger partial charge on any atom is 0.319 e. The molecule has 0 saturated carbocycles. The van der Waals surface area contributed by atoms with E-state index in [-0.39, 0.29) is 5.15 Å². The van der Waals surface area contributed by atoms with Crippen LogP contribution in [0, 0.1) is 0 Å². The summed E-state index contributed by atoms with van der Waals surface area (Å²) in [4.78, 5) is 28.5. The average molecular weight is 385 g/mol. The van der Waals surface area contributed by atoms with Gasteiger partial charge in [-0.25, -0.2) is 4.98 Å². The average Bonchev–Trinajstić information content (AvgIpc) is 2.57. The van der Waals surface area contributed by atoms with Gasteiger partial charge in [0.15, 0.2) is 11.8 Å². The van der Waals surface area contributed by atoms with Crippen LogP contribution in [-0.2, 0) is 14.3 Å². The van der Waals surface area contributed by atoms with Gasteiger partial charge in [-0.2, -0.15) is 0 Å². The minimum Gasteiger partial charge on any atom is -0.455 e. The summed E-state index contributed by atoms with van der Waals surface area (Å²) in [7, 11) is 0. The van der Waals surface area contributed by atoms with Gasteiger partial charge in [0.2, 0.25) is 0 Å². The molecule has 0 aliphatic carbocycles. The van der Waals surface area contributed by atoms with Crippen LogP contribution >= 0.6 is 35.0 Å². The van der Waals surface area contributed by atoms with Gasteiger partial charge in [-0.3, -0.25) is 9.59 Å². The van der Waals surface area contributed by atoms with Crippen LogP contribution in [0.1, 0.15) is 6.92 Å². The molecule has 0 spiro atoms. The molecule has 1 N–H and O–H groups in total. The first-order valence-electron chi connectivity index (χ1n) is 6.95. The first kappa shape index (κ1) is 18.6. The SMILES string of the molecule is C[C@H](Sc1ccc(Cl)cc1)C(=O)OCC(=O)Nc1cccnc1Cl. The lowest BCUT2D eigenvalue weighted by Crippen LogP contribution is -2.25. The second-order valence-corrected chi connectivity index (χ2v) is 6.92. The van der Waals surface area contributed by atoms with E-state index in [1.807, 2.05) is 12.1 Å². The Kier molecular flexibility index (Phi) is 6.90. The van der Waals surface area contributed by atoms with Crippen molar-refractivity contribution in [2.75, 3.05) is 11.9 Å². The van der Waals surface area contributed by atoms with Crippen molar-refractivity contribution in [3.8, 4) is 0 Å². The molecule has 0 fully saturated rings. The lowest BCUT2D eigenvalue weighted by Gasteiger charge is -2.11. The lowest BCUT2D eigenvalue weighted by atomic mass is 10.4. The third kappa shape index (κ3) is 5.70. The van der Waals surface area contributed by atoms with E-state index < -0.39 is 23.7 Å². The van der Waals surface area contributed by atoms with Crippen LogP contribution in [0.25, 0.3) is 0 Å². The number of halogens is 2. The summed E-state index contributed by atoms with van der Waals surface area (Å²) in [6, 6.07) is 10.4. The highest BCUT2D eigenvalue weighted by Gasteiger charge is 2.17. The fourth-order valence-corrected chi connectivity index (χ4v) is 2.84. The monoisotopic (exact) mass is 384 g/mol. The summed E-state index contributed by atoms with van der Waals surface area (Å²) in [5, 5.41) is 2.87. The smallest absolute Gasteiger partial charge is 0.319 e. The molecule has 1 heterocycles. The number of amides is 1. The third-order valence-corrected chi connectivity index (χ3v) is 4.48. The minimum atomic E-state index is -0.484. The molecule has 0 bridgehead atoms. The number of aromatic nitrogens is 1. The number of nitrogens with zero attached hydrogens (tertiary/aromatic N) is 1. The molecule has 0 aliphatic rings. The number of carbonyl (C=O) groups is 2. The Morgan fingerprint density at radius 1 is 1.25 bits per heavy atom. The zero-order valence-corrected chi connectivity index (χ0v) is 15.0. The van der Waals surface area contributed by atoms with E-state index in [9.17, 15) is 9.59 Å². The van der Waals surface area contributed by atoms with Crippen LogP contribution in [0.2, 0.25) is 10.2 Å². The third-order valence-electron chi connectivity index (χ3n) is 2.84. The van der Waals surface area contributed by atoms with Gasteiger partial charge in [-0.15, -0.1) is 11.8 Å². The zero-order chi connectivity index (χ0) is 17.5. The zero-order valence-electron chi connectivity index (χ0n) is 12.7. The van der Waals surface area contributed by atoms with Crippen LogP contribution in [0.15, 0.2) is 47.5 Å². The Morgan fingerprint density at radius 2 is 1.96 bits per heavy atom. The van der Waals surface area contributed by atoms with Crippen molar-refractivity contribution in [3.63, 3.8) is 0 Å². The fraction of sp³-hybridized carbons (Fsp3) is 0.188. The van der Waals surface area contributed by atoms with Gasteiger partial charge in [-0.05, 0) is 43.3 Å². The summed E-state index contributed by atoms with van der Waals surface area (Å²) >= 11 is 13.0. The van der Waals surface area contributed by atoms with Crippen molar-refractivity contribution < 1.29 is 14.3 Å². The number of hydrogen-bond acceptors (Lipinski definition) is 5. The molecule has 2 aromatic rings. The Morgan fingerprint density at radius 3 is 2.62 bits per heavy atom. The summed E-state index contributed by atoms with van der Waals surface area (Å²) in [6.45, 7) is 1.31. The molecule has 0 aliphatic heterocycles. The summed E-state index contributed by atoms with van der Waals surface area (Å²) in [6.07, 6.45) is 1.51. The number of anilines is 1. The van der Waals surface area contributed by atoms with Gasteiger partial charge >= 0.3 is 5.97 Å². The van der Waals surface area contributed by atoms with Crippen LogP contribution in [0.5, 0.6) is 0 Å². The molecule has 8 heteroatoms. The van der Waals surface area contributed by atoms with Crippen LogP contribution in [-0.4, -0.2) is 28.7 Å². The number of thioether (sulfide) groups is 1. The lowest BCUT2D eigenvalue weighted by molar-refractivity contribution is -0.146. The highest BCUT2D eigenvalue weighted by atomic mass is 35.5. The molecule has 0 radical (unpaired) electrons. The Hall–Kier alpha value is -1.76. The first-order chi connectivity index (χ1) is 11.5. The fourth-order valence-electron chi connectivity index (χ4n) is 1.68. The standard InChI is InChI=1S/C16H14Cl2N2O3S/c1-10(24-12-6-4-11(17)5-7-12)16(22)23-9-14(21)20-13-3-2-8-19-15(13)18/h2-8,10H,9H2,1H3,(H,20,21)/t10-/m0/s1. The van der Waals surface area contributed by atoms with Crippen molar-refractivity contribution in [1.82, 2.24) is 4.98 Å². The second kappa shape index (κ2) is 8.92. The van der Waals surface area contributed by atoms with E-state index in [2.05, 4.69) is 10.3 Å². The maximum atomic E-state index is 12.0. The highest BCUT2D eigenvalue weighted by molar-refractivity contribution is 8.00. The first-order valence-corrected chi connectivity index (χ1v) is 8.58. The number of nitrogens with one attached hydrogen (secondary N) is 1.